The van der Waals surface area contributed by atoms with E-state index in [1.807, 2.05) is 60.7 Å². The van der Waals surface area contributed by atoms with E-state index in [0.29, 0.717) is 28.7 Å². The first kappa shape index (κ1) is 23.6. The summed E-state index contributed by atoms with van der Waals surface area (Å²) in [5.74, 6) is -0.755. The number of hydrazone groups is 1. The third-order valence-corrected chi connectivity index (χ3v) is 5.56. The van der Waals surface area contributed by atoms with Gasteiger partial charge in [-0.1, -0.05) is 72.0 Å². The van der Waals surface area contributed by atoms with Crippen LogP contribution in [-0.2, 0) is 16.2 Å². The molecule has 9 nitrogen and oxygen atoms in total. The maximum atomic E-state index is 12.2. The van der Waals surface area contributed by atoms with Crippen molar-refractivity contribution in [2.75, 3.05) is 12.4 Å². The Morgan fingerprint density at radius 3 is 2.43 bits per heavy atom. The standard InChI is InChI=1S/C25H21N5O4S/c1-33-20-13-12-18(14-21(20)34-16-17-8-4-2-5-9-17)15-26-28-23(32)22(31)27-25-30-29-24(35-25)19-10-6-3-7-11-19/h2-15H,16H2,1H3,(H,28,32)(H,27,30,31). The van der Waals surface area contributed by atoms with Gasteiger partial charge in [-0.15, -0.1) is 10.2 Å². The summed E-state index contributed by atoms with van der Waals surface area (Å²) in [5.41, 5.74) is 4.72. The van der Waals surface area contributed by atoms with Crippen molar-refractivity contribution in [1.82, 2.24) is 15.6 Å². The molecule has 1 heterocycles. The molecule has 4 rings (SSSR count). The molecule has 0 spiro atoms. The highest BCUT2D eigenvalue weighted by Gasteiger charge is 2.16. The van der Waals surface area contributed by atoms with Gasteiger partial charge in [-0.05, 0) is 29.3 Å². The Hall–Kier alpha value is -4.57. The number of nitrogens with one attached hydrogen (secondary N) is 2. The van der Waals surface area contributed by atoms with Gasteiger partial charge in [-0.2, -0.15) is 5.10 Å². The maximum Gasteiger partial charge on any atom is 0.329 e. The van der Waals surface area contributed by atoms with E-state index in [-0.39, 0.29) is 5.13 Å². The highest BCUT2D eigenvalue weighted by Crippen LogP contribution is 2.28. The summed E-state index contributed by atoms with van der Waals surface area (Å²) in [6, 6.07) is 24.3. The van der Waals surface area contributed by atoms with E-state index in [1.54, 1.807) is 25.3 Å². The van der Waals surface area contributed by atoms with Crippen LogP contribution in [0.2, 0.25) is 0 Å². The number of anilines is 1. The van der Waals surface area contributed by atoms with Gasteiger partial charge in [0.25, 0.3) is 0 Å². The summed E-state index contributed by atoms with van der Waals surface area (Å²) in [6.45, 7) is 0.367. The molecule has 0 bridgehead atoms. The van der Waals surface area contributed by atoms with E-state index in [2.05, 4.69) is 26.0 Å². The Bertz CT molecular complexity index is 1330. The Morgan fingerprint density at radius 1 is 0.943 bits per heavy atom. The quantitative estimate of drug-likeness (QED) is 0.221. The zero-order valence-corrected chi connectivity index (χ0v) is 19.5. The first-order chi connectivity index (χ1) is 17.1. The highest BCUT2D eigenvalue weighted by atomic mass is 32.1. The molecule has 35 heavy (non-hydrogen) atoms. The van der Waals surface area contributed by atoms with Crippen molar-refractivity contribution in [2.24, 2.45) is 5.10 Å². The first-order valence-corrected chi connectivity index (χ1v) is 11.3. The molecule has 0 saturated heterocycles. The van der Waals surface area contributed by atoms with E-state index in [0.717, 1.165) is 22.5 Å². The lowest BCUT2D eigenvalue weighted by molar-refractivity contribution is -0.136. The molecule has 1 aromatic heterocycles. The summed E-state index contributed by atoms with van der Waals surface area (Å²) in [4.78, 5) is 24.3. The molecule has 10 heteroatoms. The van der Waals surface area contributed by atoms with Crippen molar-refractivity contribution < 1.29 is 19.1 Å². The molecule has 0 saturated carbocycles. The molecule has 0 atom stereocenters. The monoisotopic (exact) mass is 487 g/mol. The van der Waals surface area contributed by atoms with Gasteiger partial charge in [0, 0.05) is 5.56 Å². The number of nitrogens with zero attached hydrogens (tertiary/aromatic N) is 3. The van der Waals surface area contributed by atoms with Gasteiger partial charge in [-0.25, -0.2) is 5.43 Å². The number of ether oxygens (including phenoxy) is 2. The van der Waals surface area contributed by atoms with Crippen LogP contribution in [0.1, 0.15) is 11.1 Å². The molecular weight excluding hydrogens is 466 g/mol. The molecule has 0 unspecified atom stereocenters. The molecule has 0 aliphatic carbocycles. The SMILES string of the molecule is COc1ccc(C=NNC(=O)C(=O)Nc2nnc(-c3ccccc3)s2)cc1OCc1ccccc1. The number of carbonyl (C=O) groups is 2. The van der Waals surface area contributed by atoms with Crippen LogP contribution in [0.15, 0.2) is 84.0 Å². The van der Waals surface area contributed by atoms with Crippen molar-refractivity contribution in [3.8, 4) is 22.1 Å². The number of aromatic nitrogens is 2. The minimum Gasteiger partial charge on any atom is -0.493 e. The van der Waals surface area contributed by atoms with E-state index in [1.165, 1.54) is 6.21 Å². The Balaban J connectivity index is 1.33. The number of benzene rings is 3. The van der Waals surface area contributed by atoms with E-state index in [4.69, 9.17) is 9.47 Å². The van der Waals surface area contributed by atoms with Crippen LogP contribution in [0, 0.1) is 0 Å². The predicted molar refractivity (Wildman–Crippen MR) is 133 cm³/mol. The third-order valence-electron chi connectivity index (χ3n) is 4.68. The number of amides is 2. The van der Waals surface area contributed by atoms with Gasteiger partial charge in [0.05, 0.1) is 13.3 Å². The molecule has 2 N–H and O–H groups in total. The number of rotatable bonds is 8. The maximum absolute atomic E-state index is 12.2. The predicted octanol–water partition coefficient (Wildman–Crippen LogP) is 3.88. The average molecular weight is 488 g/mol. The Labute approximate surface area is 205 Å². The number of hydrogen-bond acceptors (Lipinski definition) is 8. The molecule has 0 aliphatic rings. The lowest BCUT2D eigenvalue weighted by atomic mass is 10.2. The van der Waals surface area contributed by atoms with Gasteiger partial charge in [-0.3, -0.25) is 14.9 Å². The van der Waals surface area contributed by atoms with Crippen LogP contribution in [-0.4, -0.2) is 35.3 Å². The van der Waals surface area contributed by atoms with Crippen molar-refractivity contribution >= 4 is 34.5 Å². The lowest BCUT2D eigenvalue weighted by Crippen LogP contribution is -2.32. The lowest BCUT2D eigenvalue weighted by Gasteiger charge is -2.11. The zero-order chi connectivity index (χ0) is 24.5. The van der Waals surface area contributed by atoms with E-state index in [9.17, 15) is 9.59 Å². The van der Waals surface area contributed by atoms with Crippen molar-refractivity contribution in [2.45, 2.75) is 6.61 Å². The molecule has 176 valence electrons. The fraction of sp³-hybridized carbons (Fsp3) is 0.0800. The van der Waals surface area contributed by atoms with Crippen LogP contribution in [0.5, 0.6) is 11.5 Å². The number of carbonyl (C=O) groups excluding carboxylic acids is 2. The minimum absolute atomic E-state index is 0.211. The second-order valence-electron chi connectivity index (χ2n) is 7.12. The van der Waals surface area contributed by atoms with Crippen LogP contribution >= 0.6 is 11.3 Å². The van der Waals surface area contributed by atoms with Crippen LogP contribution in [0.3, 0.4) is 0 Å². The third kappa shape index (κ3) is 6.49. The molecule has 3 aromatic carbocycles. The summed E-state index contributed by atoms with van der Waals surface area (Å²) in [6.07, 6.45) is 1.40. The molecule has 0 aliphatic heterocycles. The largest absolute Gasteiger partial charge is 0.493 e. The molecule has 0 radical (unpaired) electrons. The van der Waals surface area contributed by atoms with Gasteiger partial charge in [0.2, 0.25) is 5.13 Å². The fourth-order valence-corrected chi connectivity index (χ4v) is 3.71. The Morgan fingerprint density at radius 2 is 1.69 bits per heavy atom. The minimum atomic E-state index is -0.938. The number of hydrogen-bond donors (Lipinski definition) is 2. The summed E-state index contributed by atoms with van der Waals surface area (Å²) in [7, 11) is 1.55. The molecule has 4 aromatic rings. The number of methoxy groups -OCH3 is 1. The smallest absolute Gasteiger partial charge is 0.329 e. The Kier molecular flexibility index (Phi) is 7.77. The van der Waals surface area contributed by atoms with Gasteiger partial charge in [0.15, 0.2) is 11.5 Å². The van der Waals surface area contributed by atoms with E-state index >= 15 is 0 Å². The second-order valence-corrected chi connectivity index (χ2v) is 8.09. The van der Waals surface area contributed by atoms with Crippen molar-refractivity contribution in [1.29, 1.82) is 0 Å². The summed E-state index contributed by atoms with van der Waals surface area (Å²) < 4.78 is 11.2. The van der Waals surface area contributed by atoms with Crippen molar-refractivity contribution in [3.63, 3.8) is 0 Å². The van der Waals surface area contributed by atoms with Gasteiger partial charge < -0.3 is 9.47 Å². The summed E-state index contributed by atoms with van der Waals surface area (Å²) in [5, 5.41) is 15.0. The highest BCUT2D eigenvalue weighted by molar-refractivity contribution is 7.18. The topological polar surface area (TPSA) is 115 Å². The molecular formula is C25H21N5O4S. The van der Waals surface area contributed by atoms with Crippen LogP contribution < -0.4 is 20.2 Å². The van der Waals surface area contributed by atoms with Gasteiger partial charge in [0.1, 0.15) is 11.6 Å². The van der Waals surface area contributed by atoms with Crippen molar-refractivity contribution in [3.05, 3.63) is 90.0 Å². The second kappa shape index (κ2) is 11.5. The zero-order valence-electron chi connectivity index (χ0n) is 18.7. The fourth-order valence-electron chi connectivity index (χ4n) is 2.96. The van der Waals surface area contributed by atoms with Crippen LogP contribution in [0.25, 0.3) is 10.6 Å². The van der Waals surface area contributed by atoms with Gasteiger partial charge >= 0.3 is 11.8 Å². The average Bonchev–Trinajstić information content (AvgIpc) is 3.37. The summed E-state index contributed by atoms with van der Waals surface area (Å²) >= 11 is 1.16. The molecule has 2 amide bonds. The first-order valence-electron chi connectivity index (χ1n) is 10.5. The van der Waals surface area contributed by atoms with E-state index < -0.39 is 11.8 Å². The normalized spacial score (nSPS) is 10.7. The van der Waals surface area contributed by atoms with Crippen LogP contribution in [0.4, 0.5) is 5.13 Å². The molecule has 0 fully saturated rings.